The summed E-state index contributed by atoms with van der Waals surface area (Å²) in [4.78, 5) is 41.5. The van der Waals surface area contributed by atoms with Crippen LogP contribution < -0.4 is 5.32 Å². The summed E-state index contributed by atoms with van der Waals surface area (Å²) < 4.78 is 0. The summed E-state index contributed by atoms with van der Waals surface area (Å²) in [7, 11) is 0. The number of benzene rings is 1. The van der Waals surface area contributed by atoms with E-state index in [1.165, 1.54) is 11.8 Å². The SMILES string of the molecule is CCCCCCN1C(=O)C(c2ccc(NC(C)=O)cc2)=C(N2CCCC(C)C2)C1=O. The predicted molar refractivity (Wildman–Crippen MR) is 118 cm³/mol. The van der Waals surface area contributed by atoms with Gasteiger partial charge in [-0.15, -0.1) is 0 Å². The topological polar surface area (TPSA) is 69.7 Å². The lowest BCUT2D eigenvalue weighted by Gasteiger charge is -2.33. The number of anilines is 1. The molecule has 2 aliphatic rings. The minimum atomic E-state index is -0.197. The second-order valence-corrected chi connectivity index (χ2v) is 8.50. The molecule has 162 valence electrons. The number of hydrogen-bond acceptors (Lipinski definition) is 4. The number of hydrogen-bond donors (Lipinski definition) is 1. The maximum atomic E-state index is 13.3. The number of piperidine rings is 1. The van der Waals surface area contributed by atoms with Crippen LogP contribution in [0.1, 0.15) is 64.9 Å². The van der Waals surface area contributed by atoms with Crippen LogP contribution in [0.25, 0.3) is 5.57 Å². The summed E-state index contributed by atoms with van der Waals surface area (Å²) in [5.41, 5.74) is 2.45. The van der Waals surface area contributed by atoms with E-state index >= 15 is 0 Å². The van der Waals surface area contributed by atoms with E-state index in [1.54, 1.807) is 12.1 Å². The van der Waals surface area contributed by atoms with Crippen molar-refractivity contribution in [3.63, 3.8) is 0 Å². The molecular formula is C24H33N3O3. The van der Waals surface area contributed by atoms with Crippen LogP contribution in [0, 0.1) is 5.92 Å². The third kappa shape index (κ3) is 4.91. The van der Waals surface area contributed by atoms with E-state index in [0.717, 1.165) is 57.2 Å². The second kappa shape index (κ2) is 9.92. The number of carbonyl (C=O) groups excluding carboxylic acids is 3. The van der Waals surface area contributed by atoms with Crippen molar-refractivity contribution in [2.24, 2.45) is 5.92 Å². The molecule has 0 radical (unpaired) electrons. The molecule has 2 heterocycles. The molecule has 0 bridgehead atoms. The first-order valence-electron chi connectivity index (χ1n) is 11.2. The van der Waals surface area contributed by atoms with Crippen molar-refractivity contribution >= 4 is 29.0 Å². The molecule has 2 aliphatic heterocycles. The van der Waals surface area contributed by atoms with Gasteiger partial charge in [-0.05, 0) is 42.9 Å². The Kier molecular flexibility index (Phi) is 7.29. The van der Waals surface area contributed by atoms with E-state index in [-0.39, 0.29) is 17.7 Å². The Bertz CT molecular complexity index is 829. The molecule has 3 amide bonds. The van der Waals surface area contributed by atoms with Crippen LogP contribution in [0.4, 0.5) is 5.69 Å². The lowest BCUT2D eigenvalue weighted by Crippen LogP contribution is -2.39. The maximum absolute atomic E-state index is 13.3. The number of carbonyl (C=O) groups is 3. The first-order valence-corrected chi connectivity index (χ1v) is 11.2. The highest BCUT2D eigenvalue weighted by Gasteiger charge is 2.41. The zero-order valence-corrected chi connectivity index (χ0v) is 18.4. The molecule has 6 nitrogen and oxygen atoms in total. The monoisotopic (exact) mass is 411 g/mol. The Balaban J connectivity index is 1.91. The van der Waals surface area contributed by atoms with Gasteiger partial charge in [0, 0.05) is 32.2 Å². The van der Waals surface area contributed by atoms with Crippen LogP contribution in [0.15, 0.2) is 30.0 Å². The Morgan fingerprint density at radius 3 is 2.47 bits per heavy atom. The zero-order valence-electron chi connectivity index (χ0n) is 18.4. The standard InChI is InChI=1S/C24H33N3O3/c1-4-5-6-7-15-27-23(29)21(19-10-12-20(13-11-19)25-18(3)28)22(24(27)30)26-14-8-9-17(2)16-26/h10-13,17H,4-9,14-16H2,1-3H3,(H,25,28). The average Bonchev–Trinajstić information content (AvgIpc) is 2.96. The number of unbranched alkanes of at least 4 members (excludes halogenated alkanes) is 3. The summed E-state index contributed by atoms with van der Waals surface area (Å²) in [6.45, 7) is 7.87. The smallest absolute Gasteiger partial charge is 0.277 e. The molecule has 1 N–H and O–H groups in total. The van der Waals surface area contributed by atoms with E-state index in [1.807, 2.05) is 12.1 Å². The van der Waals surface area contributed by atoms with Gasteiger partial charge in [0.1, 0.15) is 5.70 Å². The van der Waals surface area contributed by atoms with Crippen molar-refractivity contribution in [1.82, 2.24) is 9.80 Å². The molecule has 30 heavy (non-hydrogen) atoms. The van der Waals surface area contributed by atoms with Crippen LogP contribution in [0.2, 0.25) is 0 Å². The third-order valence-electron chi connectivity index (χ3n) is 5.85. The minimum absolute atomic E-state index is 0.143. The van der Waals surface area contributed by atoms with Gasteiger partial charge < -0.3 is 10.2 Å². The number of rotatable bonds is 8. The highest BCUT2D eigenvalue weighted by Crippen LogP contribution is 2.34. The fraction of sp³-hybridized carbons (Fsp3) is 0.542. The van der Waals surface area contributed by atoms with Gasteiger partial charge >= 0.3 is 0 Å². The third-order valence-corrected chi connectivity index (χ3v) is 5.85. The van der Waals surface area contributed by atoms with Crippen LogP contribution in [-0.4, -0.2) is 47.2 Å². The first kappa shape index (κ1) is 22.1. The van der Waals surface area contributed by atoms with Gasteiger partial charge in [0.15, 0.2) is 0 Å². The molecule has 1 aromatic rings. The molecule has 3 rings (SSSR count). The largest absolute Gasteiger partial charge is 0.366 e. The molecular weight excluding hydrogens is 378 g/mol. The summed E-state index contributed by atoms with van der Waals surface area (Å²) in [6.07, 6.45) is 6.25. The Morgan fingerprint density at radius 2 is 1.83 bits per heavy atom. The van der Waals surface area contributed by atoms with Crippen molar-refractivity contribution in [1.29, 1.82) is 0 Å². The molecule has 1 unspecified atom stereocenters. The van der Waals surface area contributed by atoms with E-state index in [9.17, 15) is 14.4 Å². The number of nitrogens with zero attached hydrogens (tertiary/aromatic N) is 2. The van der Waals surface area contributed by atoms with Gasteiger partial charge in [-0.3, -0.25) is 19.3 Å². The first-order chi connectivity index (χ1) is 14.4. The lowest BCUT2D eigenvalue weighted by atomic mass is 9.97. The van der Waals surface area contributed by atoms with Crippen molar-refractivity contribution < 1.29 is 14.4 Å². The molecule has 1 saturated heterocycles. The number of nitrogens with one attached hydrogen (secondary N) is 1. The van der Waals surface area contributed by atoms with Crippen LogP contribution in [0.5, 0.6) is 0 Å². The molecule has 0 spiro atoms. The van der Waals surface area contributed by atoms with E-state index in [2.05, 4.69) is 24.1 Å². The molecule has 1 atom stereocenters. The van der Waals surface area contributed by atoms with Gasteiger partial charge in [0.25, 0.3) is 11.8 Å². The fourth-order valence-electron chi connectivity index (χ4n) is 4.33. The normalized spacial score (nSPS) is 19.6. The molecule has 1 aromatic carbocycles. The Hall–Kier alpha value is -2.63. The van der Waals surface area contributed by atoms with Crippen molar-refractivity contribution in [3.05, 3.63) is 35.5 Å². The highest BCUT2D eigenvalue weighted by atomic mass is 16.2. The second-order valence-electron chi connectivity index (χ2n) is 8.50. The zero-order chi connectivity index (χ0) is 21.7. The Morgan fingerprint density at radius 1 is 1.10 bits per heavy atom. The lowest BCUT2D eigenvalue weighted by molar-refractivity contribution is -0.137. The average molecular weight is 412 g/mol. The van der Waals surface area contributed by atoms with Gasteiger partial charge in [0.2, 0.25) is 5.91 Å². The van der Waals surface area contributed by atoms with Crippen LogP contribution in [-0.2, 0) is 14.4 Å². The Labute approximate surface area is 179 Å². The number of imide groups is 1. The molecule has 0 aromatic heterocycles. The van der Waals surface area contributed by atoms with Crippen molar-refractivity contribution in [2.45, 2.75) is 59.3 Å². The van der Waals surface area contributed by atoms with E-state index in [4.69, 9.17) is 0 Å². The molecule has 0 aliphatic carbocycles. The minimum Gasteiger partial charge on any atom is -0.366 e. The summed E-state index contributed by atoms with van der Waals surface area (Å²) >= 11 is 0. The van der Waals surface area contributed by atoms with Gasteiger partial charge in [-0.25, -0.2) is 0 Å². The summed E-state index contributed by atoms with van der Waals surface area (Å²) in [5.74, 6) is -0.00461. The summed E-state index contributed by atoms with van der Waals surface area (Å²) in [5, 5.41) is 2.74. The molecule has 1 fully saturated rings. The summed E-state index contributed by atoms with van der Waals surface area (Å²) in [6, 6.07) is 7.20. The van der Waals surface area contributed by atoms with Crippen LogP contribution >= 0.6 is 0 Å². The van der Waals surface area contributed by atoms with Crippen molar-refractivity contribution in [2.75, 3.05) is 25.0 Å². The predicted octanol–water partition coefficient (Wildman–Crippen LogP) is 4.04. The molecule has 0 saturated carbocycles. The fourth-order valence-corrected chi connectivity index (χ4v) is 4.33. The van der Waals surface area contributed by atoms with Crippen LogP contribution in [0.3, 0.4) is 0 Å². The highest BCUT2D eigenvalue weighted by molar-refractivity contribution is 6.35. The van der Waals surface area contributed by atoms with Crippen molar-refractivity contribution in [3.8, 4) is 0 Å². The molecule has 6 heteroatoms. The maximum Gasteiger partial charge on any atom is 0.277 e. The number of likely N-dealkylation sites (tertiary alicyclic amines) is 1. The van der Waals surface area contributed by atoms with E-state index in [0.29, 0.717) is 29.4 Å². The van der Waals surface area contributed by atoms with Gasteiger partial charge in [0.05, 0.1) is 5.57 Å². The number of amides is 3. The van der Waals surface area contributed by atoms with Gasteiger partial charge in [-0.1, -0.05) is 45.2 Å². The van der Waals surface area contributed by atoms with Gasteiger partial charge in [-0.2, -0.15) is 0 Å². The van der Waals surface area contributed by atoms with E-state index < -0.39 is 0 Å². The quantitative estimate of drug-likeness (QED) is 0.518.